The van der Waals surface area contributed by atoms with Gasteiger partial charge in [-0.3, -0.25) is 0 Å². The predicted molar refractivity (Wildman–Crippen MR) is 61.5 cm³/mol. The molecule has 0 aliphatic carbocycles. The van der Waals surface area contributed by atoms with Crippen molar-refractivity contribution in [3.05, 3.63) is 29.8 Å². The first-order valence-electron chi connectivity index (χ1n) is 5.22. The lowest BCUT2D eigenvalue weighted by molar-refractivity contribution is 0.408. The summed E-state index contributed by atoms with van der Waals surface area (Å²) < 4.78 is 15.5. The van der Waals surface area contributed by atoms with Gasteiger partial charge in [-0.15, -0.1) is 0 Å². The average molecular weight is 228 g/mol. The SMILES string of the molecule is CCCCCc1ccccc1O[PH](=O)O. The number of rotatable bonds is 6. The minimum atomic E-state index is -2.89. The van der Waals surface area contributed by atoms with E-state index in [-0.39, 0.29) is 0 Å². The zero-order valence-corrected chi connectivity index (χ0v) is 9.90. The standard InChI is InChI=1S/C11H17O3P/c1-2-3-4-7-10-8-5-6-9-11(10)14-15(12)13/h5-6,8-9,15H,2-4,7H2,1H3,(H,12,13). The highest BCUT2D eigenvalue weighted by molar-refractivity contribution is 7.32. The molecule has 84 valence electrons. The van der Waals surface area contributed by atoms with E-state index >= 15 is 0 Å². The molecule has 0 saturated carbocycles. The summed E-state index contributed by atoms with van der Waals surface area (Å²) in [5.74, 6) is 0.542. The molecule has 0 radical (unpaired) electrons. The van der Waals surface area contributed by atoms with Crippen molar-refractivity contribution in [2.45, 2.75) is 32.6 Å². The Morgan fingerprint density at radius 1 is 1.33 bits per heavy atom. The molecule has 0 spiro atoms. The quantitative estimate of drug-likeness (QED) is 0.600. The number of hydrogen-bond acceptors (Lipinski definition) is 2. The van der Waals surface area contributed by atoms with Crippen LogP contribution in [0.5, 0.6) is 5.75 Å². The van der Waals surface area contributed by atoms with E-state index in [9.17, 15) is 4.57 Å². The largest absolute Gasteiger partial charge is 0.426 e. The average Bonchev–Trinajstić information content (AvgIpc) is 2.20. The fourth-order valence-corrected chi connectivity index (χ4v) is 1.86. The maximum atomic E-state index is 10.6. The Morgan fingerprint density at radius 3 is 2.73 bits per heavy atom. The third-order valence-electron chi connectivity index (χ3n) is 2.22. The number of para-hydroxylation sites is 1. The van der Waals surface area contributed by atoms with Crippen LogP contribution in [0, 0.1) is 0 Å². The lowest BCUT2D eigenvalue weighted by atomic mass is 10.1. The summed E-state index contributed by atoms with van der Waals surface area (Å²) in [4.78, 5) is 8.73. The smallest absolute Gasteiger partial charge is 0.365 e. The van der Waals surface area contributed by atoms with Gasteiger partial charge in [0.1, 0.15) is 5.75 Å². The zero-order valence-electron chi connectivity index (χ0n) is 8.90. The Morgan fingerprint density at radius 2 is 2.07 bits per heavy atom. The second-order valence-electron chi connectivity index (χ2n) is 3.43. The summed E-state index contributed by atoms with van der Waals surface area (Å²) in [5, 5.41) is 0. The van der Waals surface area contributed by atoms with Gasteiger partial charge in [-0.1, -0.05) is 38.0 Å². The Bertz CT molecular complexity index is 325. The molecule has 4 heteroatoms. The molecule has 0 fully saturated rings. The minimum absolute atomic E-state index is 0.542. The first kappa shape index (κ1) is 12.3. The van der Waals surface area contributed by atoms with Gasteiger partial charge < -0.3 is 9.42 Å². The maximum absolute atomic E-state index is 10.6. The molecule has 0 aromatic heterocycles. The van der Waals surface area contributed by atoms with Gasteiger partial charge in [0.15, 0.2) is 0 Å². The molecule has 0 aliphatic heterocycles. The molecule has 1 N–H and O–H groups in total. The highest BCUT2D eigenvalue weighted by Gasteiger charge is 2.04. The van der Waals surface area contributed by atoms with E-state index in [0.717, 1.165) is 18.4 Å². The highest BCUT2D eigenvalue weighted by Crippen LogP contribution is 2.27. The Labute approximate surface area is 91.0 Å². The van der Waals surface area contributed by atoms with Crippen LogP contribution in [0.1, 0.15) is 31.7 Å². The van der Waals surface area contributed by atoms with Crippen LogP contribution < -0.4 is 4.52 Å². The maximum Gasteiger partial charge on any atom is 0.365 e. The molecule has 0 amide bonds. The fourth-order valence-electron chi connectivity index (χ4n) is 1.47. The topological polar surface area (TPSA) is 46.5 Å². The van der Waals surface area contributed by atoms with Gasteiger partial charge in [-0.2, -0.15) is 0 Å². The fraction of sp³-hybridized carbons (Fsp3) is 0.455. The number of benzene rings is 1. The van der Waals surface area contributed by atoms with Crippen LogP contribution in [0.15, 0.2) is 24.3 Å². The number of aryl methyl sites for hydroxylation is 1. The summed E-state index contributed by atoms with van der Waals surface area (Å²) in [6.07, 6.45) is 4.32. The van der Waals surface area contributed by atoms with Crippen LogP contribution >= 0.6 is 8.25 Å². The number of hydrogen-bond donors (Lipinski definition) is 1. The molecule has 1 atom stereocenters. The Balaban J connectivity index is 2.64. The second kappa shape index (κ2) is 6.65. The molecule has 0 heterocycles. The molecular formula is C11H17O3P. The van der Waals surface area contributed by atoms with Gasteiger partial charge in [0.2, 0.25) is 0 Å². The van der Waals surface area contributed by atoms with Gasteiger partial charge in [-0.25, -0.2) is 4.57 Å². The van der Waals surface area contributed by atoms with Crippen molar-refractivity contribution in [2.75, 3.05) is 0 Å². The molecule has 1 unspecified atom stereocenters. The van der Waals surface area contributed by atoms with Crippen molar-refractivity contribution >= 4 is 8.25 Å². The lowest BCUT2D eigenvalue weighted by Crippen LogP contribution is -1.90. The number of unbranched alkanes of at least 4 members (excludes halogenated alkanes) is 2. The van der Waals surface area contributed by atoms with Crippen molar-refractivity contribution in [3.63, 3.8) is 0 Å². The van der Waals surface area contributed by atoms with Crippen LogP contribution in [-0.4, -0.2) is 4.89 Å². The van der Waals surface area contributed by atoms with Crippen LogP contribution in [0.4, 0.5) is 0 Å². The monoisotopic (exact) mass is 228 g/mol. The van der Waals surface area contributed by atoms with Crippen LogP contribution in [0.3, 0.4) is 0 Å². The third-order valence-corrected chi connectivity index (χ3v) is 2.61. The molecule has 1 aromatic carbocycles. The second-order valence-corrected chi connectivity index (χ2v) is 4.17. The van der Waals surface area contributed by atoms with E-state index in [0.29, 0.717) is 5.75 Å². The van der Waals surface area contributed by atoms with Gasteiger partial charge in [0.05, 0.1) is 0 Å². The zero-order chi connectivity index (χ0) is 11.1. The van der Waals surface area contributed by atoms with Crippen molar-refractivity contribution in [3.8, 4) is 5.75 Å². The predicted octanol–water partition coefficient (Wildman–Crippen LogP) is 3.18. The summed E-state index contributed by atoms with van der Waals surface area (Å²) in [6, 6.07) is 7.40. The normalized spacial score (nSPS) is 12.4. The van der Waals surface area contributed by atoms with E-state index in [2.05, 4.69) is 6.92 Å². The first-order chi connectivity index (χ1) is 7.24. The molecular weight excluding hydrogens is 211 g/mol. The molecule has 0 saturated heterocycles. The summed E-state index contributed by atoms with van der Waals surface area (Å²) in [7, 11) is -2.89. The van der Waals surface area contributed by atoms with Gasteiger partial charge >= 0.3 is 8.25 Å². The van der Waals surface area contributed by atoms with E-state index in [1.807, 2.05) is 18.2 Å². The summed E-state index contributed by atoms with van der Waals surface area (Å²) in [6.45, 7) is 2.15. The minimum Gasteiger partial charge on any atom is -0.426 e. The molecule has 0 bridgehead atoms. The van der Waals surface area contributed by atoms with Crippen LogP contribution in [-0.2, 0) is 11.0 Å². The molecule has 0 aliphatic rings. The van der Waals surface area contributed by atoms with Crippen molar-refractivity contribution in [2.24, 2.45) is 0 Å². The third kappa shape index (κ3) is 4.50. The van der Waals surface area contributed by atoms with E-state index in [4.69, 9.17) is 9.42 Å². The Kier molecular flexibility index (Phi) is 5.44. The Hall–Kier alpha value is -0.790. The molecule has 1 aromatic rings. The van der Waals surface area contributed by atoms with E-state index < -0.39 is 8.25 Å². The van der Waals surface area contributed by atoms with Gasteiger partial charge in [0.25, 0.3) is 0 Å². The first-order valence-corrected chi connectivity index (χ1v) is 6.49. The summed E-state index contributed by atoms with van der Waals surface area (Å²) in [5.41, 5.74) is 1.01. The van der Waals surface area contributed by atoms with Crippen molar-refractivity contribution in [1.29, 1.82) is 0 Å². The van der Waals surface area contributed by atoms with Gasteiger partial charge in [0, 0.05) is 0 Å². The van der Waals surface area contributed by atoms with Crippen molar-refractivity contribution in [1.82, 2.24) is 0 Å². The van der Waals surface area contributed by atoms with E-state index in [1.165, 1.54) is 12.8 Å². The molecule has 15 heavy (non-hydrogen) atoms. The molecule has 1 rings (SSSR count). The summed E-state index contributed by atoms with van der Waals surface area (Å²) >= 11 is 0. The van der Waals surface area contributed by atoms with Crippen LogP contribution in [0.25, 0.3) is 0 Å². The van der Waals surface area contributed by atoms with Crippen molar-refractivity contribution < 1.29 is 14.0 Å². The van der Waals surface area contributed by atoms with Gasteiger partial charge in [-0.05, 0) is 24.5 Å². The highest BCUT2D eigenvalue weighted by atomic mass is 31.1. The van der Waals surface area contributed by atoms with Crippen LogP contribution in [0.2, 0.25) is 0 Å². The van der Waals surface area contributed by atoms with E-state index in [1.54, 1.807) is 6.07 Å². The lowest BCUT2D eigenvalue weighted by Gasteiger charge is -2.08. The molecule has 3 nitrogen and oxygen atoms in total.